The molecule has 0 aliphatic carbocycles. The molecule has 0 spiro atoms. The Morgan fingerprint density at radius 3 is 2.46 bits per heavy atom. The normalized spacial score (nSPS) is 18.5. The number of carbonyl (C=O) groups is 2. The van der Waals surface area contributed by atoms with Gasteiger partial charge >= 0.3 is 0 Å². The average Bonchev–Trinajstić information content (AvgIpc) is 2.96. The maximum atomic E-state index is 12.8. The number of likely N-dealkylation sites (tertiary alicyclic amines) is 1. The summed E-state index contributed by atoms with van der Waals surface area (Å²) in [7, 11) is 3.05. The summed E-state index contributed by atoms with van der Waals surface area (Å²) < 4.78 is 10.2. The van der Waals surface area contributed by atoms with Crippen molar-refractivity contribution in [2.75, 3.05) is 27.4 Å². The van der Waals surface area contributed by atoms with Gasteiger partial charge in [0.2, 0.25) is 0 Å². The zero-order valence-corrected chi connectivity index (χ0v) is 16.3. The molecule has 0 saturated carbocycles. The van der Waals surface area contributed by atoms with E-state index in [0.29, 0.717) is 21.9 Å². The number of nitrogens with zero attached hydrogens (tertiary/aromatic N) is 1. The number of ketones is 1. The van der Waals surface area contributed by atoms with E-state index >= 15 is 0 Å². The van der Waals surface area contributed by atoms with Gasteiger partial charge in [0.25, 0.3) is 11.7 Å². The van der Waals surface area contributed by atoms with Crippen molar-refractivity contribution in [1.82, 2.24) is 4.90 Å². The molecule has 1 saturated heterocycles. The molecule has 1 aliphatic rings. The minimum Gasteiger partial charge on any atom is -0.507 e. The predicted octanol–water partition coefficient (Wildman–Crippen LogP) is 3.42. The number of aliphatic hydroxyl groups is 1. The fraction of sp³-hybridized carbons (Fsp3) is 0.238. The number of methoxy groups -OCH3 is 2. The van der Waals surface area contributed by atoms with E-state index in [9.17, 15) is 14.7 Å². The summed E-state index contributed by atoms with van der Waals surface area (Å²) in [4.78, 5) is 26.8. The number of halogens is 1. The van der Waals surface area contributed by atoms with Crippen LogP contribution in [-0.4, -0.2) is 49.1 Å². The van der Waals surface area contributed by atoms with Crippen LogP contribution in [-0.2, 0) is 14.3 Å². The molecule has 0 radical (unpaired) electrons. The molecule has 146 valence electrons. The Balaban J connectivity index is 2.14. The van der Waals surface area contributed by atoms with Gasteiger partial charge < -0.3 is 19.5 Å². The smallest absolute Gasteiger partial charge is 0.295 e. The molecule has 0 aromatic heterocycles. The Kier molecular flexibility index (Phi) is 6.02. The van der Waals surface area contributed by atoms with E-state index in [0.717, 1.165) is 0 Å². The molecule has 1 amide bonds. The Bertz CT molecular complexity index is 923. The van der Waals surface area contributed by atoms with E-state index in [2.05, 4.69) is 0 Å². The number of amides is 1. The van der Waals surface area contributed by atoms with Gasteiger partial charge in [-0.1, -0.05) is 23.7 Å². The maximum Gasteiger partial charge on any atom is 0.295 e. The third kappa shape index (κ3) is 3.74. The van der Waals surface area contributed by atoms with Crippen molar-refractivity contribution in [3.8, 4) is 5.75 Å². The largest absolute Gasteiger partial charge is 0.507 e. The van der Waals surface area contributed by atoms with E-state index in [1.165, 1.54) is 19.1 Å². The SMILES string of the molecule is COCCN1C(=O)C(=O)/C(=C(/O)c2ccc(OC)cc2)[C@@H]1c1cccc(Cl)c1. The van der Waals surface area contributed by atoms with Crippen molar-refractivity contribution in [3.05, 3.63) is 70.3 Å². The van der Waals surface area contributed by atoms with Crippen molar-refractivity contribution in [2.45, 2.75) is 6.04 Å². The van der Waals surface area contributed by atoms with E-state index in [1.807, 2.05) is 0 Å². The number of aliphatic hydroxyl groups excluding tert-OH is 1. The molecule has 3 rings (SSSR count). The molecular formula is C21H20ClNO5. The van der Waals surface area contributed by atoms with Crippen LogP contribution >= 0.6 is 11.6 Å². The molecule has 2 aromatic carbocycles. The number of rotatable bonds is 6. The summed E-state index contributed by atoms with van der Waals surface area (Å²) >= 11 is 6.12. The molecule has 0 unspecified atom stereocenters. The van der Waals surface area contributed by atoms with Gasteiger partial charge in [-0.15, -0.1) is 0 Å². The first-order valence-electron chi connectivity index (χ1n) is 8.65. The highest BCUT2D eigenvalue weighted by molar-refractivity contribution is 6.46. The van der Waals surface area contributed by atoms with Crippen molar-refractivity contribution in [3.63, 3.8) is 0 Å². The van der Waals surface area contributed by atoms with Crippen molar-refractivity contribution >= 4 is 29.1 Å². The number of benzene rings is 2. The summed E-state index contributed by atoms with van der Waals surface area (Å²) in [5.74, 6) is -1.05. The second-order valence-electron chi connectivity index (χ2n) is 6.27. The van der Waals surface area contributed by atoms with Crippen LogP contribution in [0.1, 0.15) is 17.2 Å². The Morgan fingerprint density at radius 2 is 1.86 bits per heavy atom. The molecular weight excluding hydrogens is 382 g/mol. The van der Waals surface area contributed by atoms with Gasteiger partial charge in [-0.3, -0.25) is 9.59 Å². The van der Waals surface area contributed by atoms with Gasteiger partial charge in [-0.05, 0) is 42.0 Å². The first kappa shape index (κ1) is 19.9. The van der Waals surface area contributed by atoms with Crippen molar-refractivity contribution in [1.29, 1.82) is 0 Å². The minimum absolute atomic E-state index is 0.0218. The molecule has 1 aliphatic heterocycles. The Labute approximate surface area is 167 Å². The van der Waals surface area contributed by atoms with Gasteiger partial charge in [0, 0.05) is 24.2 Å². The maximum absolute atomic E-state index is 12.8. The molecule has 0 bridgehead atoms. The summed E-state index contributed by atoms with van der Waals surface area (Å²) in [5.41, 5.74) is 1.07. The number of ether oxygens (including phenoxy) is 2. The van der Waals surface area contributed by atoms with Gasteiger partial charge in [-0.25, -0.2) is 0 Å². The second-order valence-corrected chi connectivity index (χ2v) is 6.71. The zero-order valence-electron chi connectivity index (χ0n) is 15.5. The van der Waals surface area contributed by atoms with Crippen LogP contribution < -0.4 is 4.74 Å². The molecule has 7 heteroatoms. The molecule has 28 heavy (non-hydrogen) atoms. The van der Waals surface area contributed by atoms with Crippen LogP contribution in [0.2, 0.25) is 5.02 Å². The van der Waals surface area contributed by atoms with Crippen LogP contribution in [0.5, 0.6) is 5.75 Å². The summed E-state index contributed by atoms with van der Waals surface area (Å²) in [6.07, 6.45) is 0. The topological polar surface area (TPSA) is 76.1 Å². The monoisotopic (exact) mass is 401 g/mol. The third-order valence-corrected chi connectivity index (χ3v) is 4.84. The first-order valence-corrected chi connectivity index (χ1v) is 9.03. The fourth-order valence-corrected chi connectivity index (χ4v) is 3.43. The highest BCUT2D eigenvalue weighted by atomic mass is 35.5. The highest BCUT2D eigenvalue weighted by Crippen LogP contribution is 2.39. The number of Topliss-reactive ketones (excluding diaryl/α,β-unsaturated/α-hetero) is 1. The van der Waals surface area contributed by atoms with E-state index in [-0.39, 0.29) is 24.5 Å². The number of carbonyl (C=O) groups excluding carboxylic acids is 2. The van der Waals surface area contributed by atoms with E-state index in [4.69, 9.17) is 21.1 Å². The summed E-state index contributed by atoms with van der Waals surface area (Å²) in [6, 6.07) is 12.7. The molecule has 2 aromatic rings. The average molecular weight is 402 g/mol. The molecule has 1 N–H and O–H groups in total. The molecule has 1 fully saturated rings. The number of hydrogen-bond acceptors (Lipinski definition) is 5. The lowest BCUT2D eigenvalue weighted by molar-refractivity contribution is -0.140. The highest BCUT2D eigenvalue weighted by Gasteiger charge is 2.45. The van der Waals surface area contributed by atoms with Crippen molar-refractivity contribution in [2.24, 2.45) is 0 Å². The van der Waals surface area contributed by atoms with Crippen LogP contribution in [0, 0.1) is 0 Å². The Hall–Kier alpha value is -2.83. The third-order valence-electron chi connectivity index (χ3n) is 4.60. The van der Waals surface area contributed by atoms with Crippen LogP contribution in [0.25, 0.3) is 5.76 Å². The first-order chi connectivity index (χ1) is 13.5. The van der Waals surface area contributed by atoms with Gasteiger partial charge in [0.1, 0.15) is 11.5 Å². The fourth-order valence-electron chi connectivity index (χ4n) is 3.23. The van der Waals surface area contributed by atoms with Gasteiger partial charge in [0.15, 0.2) is 0 Å². The van der Waals surface area contributed by atoms with E-state index in [1.54, 1.807) is 48.5 Å². The van der Waals surface area contributed by atoms with E-state index < -0.39 is 17.7 Å². The lowest BCUT2D eigenvalue weighted by Crippen LogP contribution is -2.32. The standard InChI is InChI=1S/C21H20ClNO5/c1-27-11-10-23-18(14-4-3-5-15(22)12-14)17(20(25)21(23)26)19(24)13-6-8-16(28-2)9-7-13/h3-9,12,18,24H,10-11H2,1-2H3/b19-17+/t18-/m0/s1. The van der Waals surface area contributed by atoms with Crippen molar-refractivity contribution < 1.29 is 24.2 Å². The number of hydrogen-bond donors (Lipinski definition) is 1. The van der Waals surface area contributed by atoms with Gasteiger partial charge in [-0.2, -0.15) is 0 Å². The van der Waals surface area contributed by atoms with Gasteiger partial charge in [0.05, 0.1) is 25.3 Å². The molecule has 1 heterocycles. The quantitative estimate of drug-likeness (QED) is 0.456. The summed E-state index contributed by atoms with van der Waals surface area (Å²) in [6.45, 7) is 0.463. The lowest BCUT2D eigenvalue weighted by atomic mass is 9.95. The Morgan fingerprint density at radius 1 is 1.14 bits per heavy atom. The zero-order chi connectivity index (χ0) is 20.3. The minimum atomic E-state index is -0.754. The lowest BCUT2D eigenvalue weighted by Gasteiger charge is -2.25. The van der Waals surface area contributed by atoms with Crippen LogP contribution in [0.15, 0.2) is 54.1 Å². The second kappa shape index (κ2) is 8.46. The van der Waals surface area contributed by atoms with Crippen LogP contribution in [0.3, 0.4) is 0 Å². The predicted molar refractivity (Wildman–Crippen MR) is 105 cm³/mol. The van der Waals surface area contributed by atoms with Crippen LogP contribution in [0.4, 0.5) is 0 Å². The molecule has 6 nitrogen and oxygen atoms in total. The summed E-state index contributed by atoms with van der Waals surface area (Å²) in [5, 5.41) is 11.4. The molecule has 1 atom stereocenters.